The number of hydrogen-bond donors (Lipinski definition) is 1. The van der Waals surface area contributed by atoms with Gasteiger partial charge in [-0.2, -0.15) is 0 Å². The molecular weight excluding hydrogens is 926 g/mol. The molecule has 0 aliphatic carbocycles. The fourth-order valence-electron chi connectivity index (χ4n) is 7.89. The van der Waals surface area contributed by atoms with Crippen LogP contribution in [-0.2, 0) is 38.3 Å². The maximum absolute atomic E-state index is 12.0. The minimum absolute atomic E-state index is 0. The summed E-state index contributed by atoms with van der Waals surface area (Å²) in [5, 5.41) is 12.0. The minimum Gasteiger partial charge on any atom is -0.507 e. The molecule has 8 rings (SSSR count). The molecule has 0 aliphatic heterocycles. The maximum atomic E-state index is 12.0. The van der Waals surface area contributed by atoms with E-state index in [1.807, 2.05) is 19.1 Å². The molecule has 0 radical (unpaired) electrons. The molecule has 0 amide bonds. The molecule has 0 aliphatic rings. The van der Waals surface area contributed by atoms with Crippen molar-refractivity contribution in [1.29, 1.82) is 0 Å². The van der Waals surface area contributed by atoms with Gasteiger partial charge in [0.1, 0.15) is 11.6 Å². The first-order valence-electron chi connectivity index (χ1n) is 22.9. The molecule has 0 saturated heterocycles. The van der Waals surface area contributed by atoms with E-state index in [2.05, 4.69) is 151 Å². The monoisotopic (exact) mass is 985 g/mol. The van der Waals surface area contributed by atoms with Gasteiger partial charge in [0, 0.05) is 38.5 Å². The molecule has 61 heavy (non-hydrogen) atoms. The van der Waals surface area contributed by atoms with E-state index in [9.17, 15) is 5.11 Å². The van der Waals surface area contributed by atoms with Crippen LogP contribution < -0.4 is 0 Å². The molecule has 0 fully saturated rings. The molecule has 2 aromatic heterocycles. The zero-order valence-electron chi connectivity index (χ0n) is 40.8. The van der Waals surface area contributed by atoms with Gasteiger partial charge in [0.15, 0.2) is 0 Å². The number of para-hydroxylation sites is 1. The van der Waals surface area contributed by atoms with Crippen molar-refractivity contribution in [3.8, 4) is 67.5 Å². The predicted octanol–water partition coefficient (Wildman–Crippen LogP) is 14.7. The summed E-state index contributed by atoms with van der Waals surface area (Å²) in [5.41, 5.74) is 13.2. The summed E-state index contributed by atoms with van der Waals surface area (Å²) in [5.74, 6) is 1.29. The van der Waals surface area contributed by atoms with Crippen LogP contribution in [0.1, 0.15) is 88.7 Å². The number of pyridine rings is 1. The van der Waals surface area contributed by atoms with E-state index in [4.69, 9.17) is 15.5 Å². The van der Waals surface area contributed by atoms with Gasteiger partial charge in [-0.25, -0.2) is 4.98 Å². The second-order valence-corrected chi connectivity index (χ2v) is 18.6. The number of nitrogens with zero attached hydrogens (tertiary/aromatic N) is 3. The summed E-state index contributed by atoms with van der Waals surface area (Å²) >= 11 is 0. The standard InChI is InChI=1S/C56H56N3O.Pt/c1-35(2)27-38-21-24-50(47(29-38)40-15-12-11-13-16-40)59-51-18-14-17-46(52(51)58-54(59)48-34-44(55(5,6)7)28-37(4)53(48)60)42-30-43(32-45(31-42)56(8,9)10)49-33-41(25-26-57-49)39-22-19-36(3)20-23-39;/h11-26,28-29,31-35,60H,27H2,1-10H3;/q-1;/i19D,20D,22D,23D;. The molecule has 8 aromatic rings. The molecule has 6 aromatic carbocycles. The van der Waals surface area contributed by atoms with Crippen molar-refractivity contribution < 1.29 is 31.7 Å². The van der Waals surface area contributed by atoms with Gasteiger partial charge in [-0.15, -0.1) is 29.3 Å². The summed E-state index contributed by atoms with van der Waals surface area (Å²) in [6, 6.07) is 38.8. The number of aryl methyl sites for hydroxylation is 1. The third-order valence-electron chi connectivity index (χ3n) is 11.2. The Morgan fingerprint density at radius 3 is 2.07 bits per heavy atom. The second-order valence-electron chi connectivity index (χ2n) is 18.6. The molecule has 0 unspecified atom stereocenters. The largest absolute Gasteiger partial charge is 0.507 e. The van der Waals surface area contributed by atoms with Gasteiger partial charge in [0.25, 0.3) is 0 Å². The van der Waals surface area contributed by atoms with E-state index in [1.165, 1.54) is 5.56 Å². The Morgan fingerprint density at radius 1 is 0.689 bits per heavy atom. The van der Waals surface area contributed by atoms with Crippen LogP contribution in [0.4, 0.5) is 0 Å². The molecule has 0 bridgehead atoms. The van der Waals surface area contributed by atoms with E-state index in [0.717, 1.165) is 67.6 Å². The molecule has 0 saturated carbocycles. The van der Waals surface area contributed by atoms with Crippen LogP contribution in [0.2, 0.25) is 0 Å². The van der Waals surface area contributed by atoms with Gasteiger partial charge in [0.05, 0.1) is 27.8 Å². The fraction of sp³-hybridized carbons (Fsp3) is 0.250. The van der Waals surface area contributed by atoms with Gasteiger partial charge in [-0.05, 0) is 101 Å². The number of phenols is 1. The molecule has 0 spiro atoms. The number of aromatic hydroxyl groups is 1. The van der Waals surface area contributed by atoms with Gasteiger partial charge in [-0.3, -0.25) is 9.55 Å². The quantitative estimate of drug-likeness (QED) is 0.154. The average molecular weight is 986 g/mol. The second kappa shape index (κ2) is 17.1. The Bertz CT molecular complexity index is 3080. The first kappa shape index (κ1) is 38.4. The molecule has 2 heterocycles. The summed E-state index contributed by atoms with van der Waals surface area (Å²) in [6.45, 7) is 21.1. The molecule has 5 heteroatoms. The molecule has 0 atom stereocenters. The summed E-state index contributed by atoms with van der Waals surface area (Å²) in [7, 11) is 0. The number of phenolic OH excluding ortho intramolecular Hbond substituents is 1. The van der Waals surface area contributed by atoms with Gasteiger partial charge >= 0.3 is 0 Å². The van der Waals surface area contributed by atoms with Crippen LogP contribution in [0.15, 0.2) is 133 Å². The zero-order chi connectivity index (χ0) is 46.0. The van der Waals surface area contributed by atoms with E-state index >= 15 is 0 Å². The normalized spacial score (nSPS) is 12.8. The maximum Gasteiger partial charge on any atom is 0.148 e. The van der Waals surface area contributed by atoms with Crippen molar-refractivity contribution in [1.82, 2.24) is 14.5 Å². The van der Waals surface area contributed by atoms with E-state index in [-0.39, 0.29) is 67.4 Å². The Hall–Kier alpha value is -5.57. The van der Waals surface area contributed by atoms with Crippen molar-refractivity contribution in [2.24, 2.45) is 5.92 Å². The molecule has 312 valence electrons. The topological polar surface area (TPSA) is 50.9 Å². The minimum atomic E-state index is -0.270. The van der Waals surface area contributed by atoms with Gasteiger partial charge in [-0.1, -0.05) is 157 Å². The van der Waals surface area contributed by atoms with Crippen LogP contribution in [0.25, 0.3) is 72.7 Å². The Morgan fingerprint density at radius 2 is 1.38 bits per heavy atom. The van der Waals surface area contributed by atoms with Crippen molar-refractivity contribution in [2.45, 2.75) is 86.5 Å². The number of rotatable bonds is 8. The molecular formula is C56H56N3OPt-. The number of fused-ring (bicyclic) bond motifs is 1. The fourth-order valence-corrected chi connectivity index (χ4v) is 7.89. The average Bonchev–Trinajstić information content (AvgIpc) is 3.64. The zero-order valence-corrected chi connectivity index (χ0v) is 39.1. The number of hydrogen-bond acceptors (Lipinski definition) is 3. The van der Waals surface area contributed by atoms with Crippen LogP contribution >= 0.6 is 0 Å². The Balaban J connectivity index is 0.00000630. The van der Waals surface area contributed by atoms with E-state index in [1.54, 1.807) is 19.2 Å². The molecule has 4 nitrogen and oxygen atoms in total. The van der Waals surface area contributed by atoms with Gasteiger partial charge < -0.3 is 5.11 Å². The van der Waals surface area contributed by atoms with Crippen LogP contribution in [0.3, 0.4) is 0 Å². The summed E-state index contributed by atoms with van der Waals surface area (Å²) < 4.78 is 36.8. The first-order chi connectivity index (χ1) is 30.2. The predicted molar refractivity (Wildman–Crippen MR) is 252 cm³/mol. The summed E-state index contributed by atoms with van der Waals surface area (Å²) in [6.07, 6.45) is 2.59. The first-order valence-corrected chi connectivity index (χ1v) is 20.9. The van der Waals surface area contributed by atoms with Crippen molar-refractivity contribution in [3.63, 3.8) is 0 Å². The number of benzene rings is 6. The third kappa shape index (κ3) is 8.93. The van der Waals surface area contributed by atoms with Crippen molar-refractivity contribution in [3.05, 3.63) is 167 Å². The number of aromatic nitrogens is 3. The van der Waals surface area contributed by atoms with Crippen LogP contribution in [0.5, 0.6) is 5.75 Å². The van der Waals surface area contributed by atoms with Crippen molar-refractivity contribution in [2.75, 3.05) is 0 Å². The van der Waals surface area contributed by atoms with E-state index < -0.39 is 0 Å². The Labute approximate surface area is 382 Å². The van der Waals surface area contributed by atoms with E-state index in [0.29, 0.717) is 34.1 Å². The smallest absolute Gasteiger partial charge is 0.148 e. The van der Waals surface area contributed by atoms with Gasteiger partial charge in [0.2, 0.25) is 0 Å². The molecule has 1 N–H and O–H groups in total. The third-order valence-corrected chi connectivity index (χ3v) is 11.2. The number of imidazole rings is 1. The SMILES string of the molecule is [2H]c1c([2H])c(-c2ccnc(-c3[c-]c(-c4cccc5c4nc(-c4cc(C(C)(C)C)cc(C)c4O)n5-c4ccc(CC(C)C)cc4-c4ccccc4)cc(C(C)(C)C)c3)c2)c([2H])c([2H])c1C.[Pt]. The van der Waals surface area contributed by atoms with Crippen molar-refractivity contribution >= 4 is 11.0 Å². The van der Waals surface area contributed by atoms with Crippen LogP contribution in [-0.4, -0.2) is 19.6 Å². The summed E-state index contributed by atoms with van der Waals surface area (Å²) in [4.78, 5) is 10.3. The Kier molecular flexibility index (Phi) is 10.7. The van der Waals surface area contributed by atoms with Crippen LogP contribution in [0, 0.1) is 25.8 Å².